The molecular formula is C23H26N2OS2. The monoisotopic (exact) mass is 410 g/mol. The normalized spacial score (nSPS) is 15.4. The smallest absolute Gasteiger partial charge is 0.285 e. The number of nitrogens with zero attached hydrogens (tertiary/aromatic N) is 2. The highest BCUT2D eigenvalue weighted by molar-refractivity contribution is 8.40. The number of amides is 1. The van der Waals surface area contributed by atoms with Gasteiger partial charge in [0.25, 0.3) is 5.91 Å². The van der Waals surface area contributed by atoms with Gasteiger partial charge in [0.05, 0.1) is 4.91 Å². The summed E-state index contributed by atoms with van der Waals surface area (Å²) in [5.74, 6) is 0.535. The van der Waals surface area contributed by atoms with Crippen LogP contribution in [0.1, 0.15) is 30.5 Å². The Labute approximate surface area is 176 Å². The molecule has 28 heavy (non-hydrogen) atoms. The van der Waals surface area contributed by atoms with Crippen LogP contribution in [0.15, 0.2) is 58.4 Å². The van der Waals surface area contributed by atoms with E-state index in [-0.39, 0.29) is 5.91 Å². The van der Waals surface area contributed by atoms with Crippen LogP contribution in [0.2, 0.25) is 0 Å². The minimum absolute atomic E-state index is 0.140. The van der Waals surface area contributed by atoms with Crippen LogP contribution in [0.5, 0.6) is 0 Å². The number of rotatable bonds is 6. The molecule has 0 atom stereocenters. The van der Waals surface area contributed by atoms with Crippen molar-refractivity contribution in [2.45, 2.75) is 26.8 Å². The van der Waals surface area contributed by atoms with Gasteiger partial charge in [0, 0.05) is 19.3 Å². The molecule has 0 fully saturated rings. The third kappa shape index (κ3) is 5.52. The average molecular weight is 411 g/mol. The molecular weight excluding hydrogens is 384 g/mol. The highest BCUT2D eigenvalue weighted by Gasteiger charge is 2.20. The standard InChI is InChI=1S/C23H26N2OS2/c1-16(2)13-17-9-11-20(12-10-17)25(3)15-19-7-5-18(6-8-19)14-21-22(26)24-23(27-4)28-21/h5-12,14,16H,13,15H2,1-4H3. The molecule has 0 aromatic heterocycles. The van der Waals surface area contributed by atoms with Crippen LogP contribution in [-0.2, 0) is 17.8 Å². The van der Waals surface area contributed by atoms with Crippen LogP contribution in [-0.4, -0.2) is 23.6 Å². The first-order valence-electron chi connectivity index (χ1n) is 9.40. The van der Waals surface area contributed by atoms with E-state index < -0.39 is 0 Å². The van der Waals surface area contributed by atoms with Crippen molar-refractivity contribution >= 4 is 45.6 Å². The minimum Gasteiger partial charge on any atom is -0.370 e. The summed E-state index contributed by atoms with van der Waals surface area (Å²) in [7, 11) is 2.11. The number of hydrogen-bond donors (Lipinski definition) is 0. The fourth-order valence-electron chi connectivity index (χ4n) is 3.07. The quantitative estimate of drug-likeness (QED) is 0.559. The number of aliphatic imine (C=N–C) groups is 1. The largest absolute Gasteiger partial charge is 0.370 e. The van der Waals surface area contributed by atoms with Gasteiger partial charge in [-0.15, -0.1) is 11.8 Å². The number of thioether (sulfide) groups is 2. The average Bonchev–Trinajstić information content (AvgIpc) is 3.03. The van der Waals surface area contributed by atoms with Crippen molar-refractivity contribution in [3.8, 4) is 0 Å². The summed E-state index contributed by atoms with van der Waals surface area (Å²) in [6.45, 7) is 5.33. The van der Waals surface area contributed by atoms with Crippen molar-refractivity contribution in [3.05, 3.63) is 70.1 Å². The lowest BCUT2D eigenvalue weighted by Gasteiger charge is -2.20. The van der Waals surface area contributed by atoms with Gasteiger partial charge in [-0.05, 0) is 53.5 Å². The van der Waals surface area contributed by atoms with Crippen molar-refractivity contribution in [3.63, 3.8) is 0 Å². The molecule has 3 nitrogen and oxygen atoms in total. The van der Waals surface area contributed by atoms with Gasteiger partial charge in [-0.1, -0.05) is 62.0 Å². The Bertz CT molecular complexity index is 884. The highest BCUT2D eigenvalue weighted by Crippen LogP contribution is 2.32. The third-order valence-corrected chi connectivity index (χ3v) is 6.46. The highest BCUT2D eigenvalue weighted by atomic mass is 32.2. The van der Waals surface area contributed by atoms with Crippen molar-refractivity contribution < 1.29 is 4.79 Å². The lowest BCUT2D eigenvalue weighted by Crippen LogP contribution is -2.16. The summed E-state index contributed by atoms with van der Waals surface area (Å²) in [6, 6.07) is 17.2. The minimum atomic E-state index is -0.140. The van der Waals surface area contributed by atoms with Gasteiger partial charge in [0.2, 0.25) is 0 Å². The lowest BCUT2D eigenvalue weighted by molar-refractivity contribution is -0.113. The second kappa shape index (κ2) is 9.48. The van der Waals surface area contributed by atoms with Crippen molar-refractivity contribution in [1.29, 1.82) is 0 Å². The Morgan fingerprint density at radius 3 is 2.29 bits per heavy atom. The van der Waals surface area contributed by atoms with Gasteiger partial charge in [0.15, 0.2) is 0 Å². The number of carbonyl (C=O) groups excluding carboxylic acids is 1. The van der Waals surface area contributed by atoms with Crippen LogP contribution in [0.3, 0.4) is 0 Å². The zero-order chi connectivity index (χ0) is 20.1. The SMILES string of the molecule is CSC1=NC(=O)C(=Cc2ccc(CN(C)c3ccc(CC(C)C)cc3)cc2)S1. The van der Waals surface area contributed by atoms with Gasteiger partial charge in [-0.3, -0.25) is 4.79 Å². The van der Waals surface area contributed by atoms with Crippen molar-refractivity contribution in [2.24, 2.45) is 10.9 Å². The molecule has 0 unspecified atom stereocenters. The van der Waals surface area contributed by atoms with E-state index in [1.165, 1.54) is 40.3 Å². The molecule has 3 rings (SSSR count). The number of carbonyl (C=O) groups is 1. The maximum atomic E-state index is 11.9. The predicted molar refractivity (Wildman–Crippen MR) is 125 cm³/mol. The van der Waals surface area contributed by atoms with E-state index in [0.29, 0.717) is 10.8 Å². The van der Waals surface area contributed by atoms with E-state index in [9.17, 15) is 4.79 Å². The first-order chi connectivity index (χ1) is 13.4. The Balaban J connectivity index is 1.62. The van der Waals surface area contributed by atoms with E-state index >= 15 is 0 Å². The Morgan fingerprint density at radius 1 is 1.07 bits per heavy atom. The maximum Gasteiger partial charge on any atom is 0.285 e. The van der Waals surface area contributed by atoms with Crippen molar-refractivity contribution in [2.75, 3.05) is 18.2 Å². The molecule has 0 radical (unpaired) electrons. The summed E-state index contributed by atoms with van der Waals surface area (Å²) < 4.78 is 0.814. The first-order valence-corrected chi connectivity index (χ1v) is 11.4. The third-order valence-electron chi connectivity index (χ3n) is 4.49. The van der Waals surface area contributed by atoms with E-state index in [0.717, 1.165) is 22.9 Å². The Hall–Kier alpha value is -1.98. The molecule has 0 saturated heterocycles. The van der Waals surface area contributed by atoms with Crippen LogP contribution in [0.25, 0.3) is 6.08 Å². The van der Waals surface area contributed by atoms with E-state index in [2.05, 4.69) is 79.3 Å². The molecule has 0 N–H and O–H groups in total. The molecule has 5 heteroatoms. The van der Waals surface area contributed by atoms with Gasteiger partial charge in [-0.2, -0.15) is 4.99 Å². The molecule has 146 valence electrons. The lowest BCUT2D eigenvalue weighted by atomic mass is 10.0. The molecule has 0 bridgehead atoms. The topological polar surface area (TPSA) is 32.7 Å². The summed E-state index contributed by atoms with van der Waals surface area (Å²) >= 11 is 2.95. The Kier molecular flexibility index (Phi) is 7.03. The summed E-state index contributed by atoms with van der Waals surface area (Å²) in [5, 5.41) is 0. The second-order valence-electron chi connectivity index (χ2n) is 7.36. The van der Waals surface area contributed by atoms with Gasteiger partial charge >= 0.3 is 0 Å². The van der Waals surface area contributed by atoms with Gasteiger partial charge in [-0.25, -0.2) is 0 Å². The van der Waals surface area contributed by atoms with Gasteiger partial charge in [0.1, 0.15) is 4.38 Å². The first kappa shape index (κ1) is 20.7. The molecule has 1 aliphatic rings. The fourth-order valence-corrected chi connectivity index (χ4v) is 4.49. The van der Waals surface area contributed by atoms with E-state index in [1.54, 1.807) is 0 Å². The molecule has 2 aromatic rings. The molecule has 0 aliphatic carbocycles. The molecule has 0 saturated carbocycles. The predicted octanol–water partition coefficient (Wildman–Crippen LogP) is 5.85. The fraction of sp³-hybridized carbons (Fsp3) is 0.304. The van der Waals surface area contributed by atoms with Gasteiger partial charge < -0.3 is 4.90 Å². The second-order valence-corrected chi connectivity index (χ2v) is 9.44. The summed E-state index contributed by atoms with van der Waals surface area (Å²) in [5.41, 5.74) is 4.87. The molecule has 1 aliphatic heterocycles. The van der Waals surface area contributed by atoms with Crippen LogP contribution in [0, 0.1) is 5.92 Å². The Morgan fingerprint density at radius 2 is 1.71 bits per heavy atom. The molecule has 1 amide bonds. The molecule has 2 aromatic carbocycles. The van der Waals surface area contributed by atoms with E-state index in [4.69, 9.17) is 0 Å². The van der Waals surface area contributed by atoms with Crippen LogP contribution < -0.4 is 4.90 Å². The molecule has 1 heterocycles. The summed E-state index contributed by atoms with van der Waals surface area (Å²) in [6.07, 6.45) is 4.97. The number of hydrogen-bond acceptors (Lipinski definition) is 4. The number of benzene rings is 2. The summed E-state index contributed by atoms with van der Waals surface area (Å²) in [4.78, 5) is 18.9. The van der Waals surface area contributed by atoms with Crippen LogP contribution >= 0.6 is 23.5 Å². The van der Waals surface area contributed by atoms with E-state index in [1.807, 2.05) is 12.3 Å². The number of anilines is 1. The maximum absolute atomic E-state index is 11.9. The van der Waals surface area contributed by atoms with Crippen LogP contribution in [0.4, 0.5) is 5.69 Å². The zero-order valence-electron chi connectivity index (χ0n) is 16.8. The zero-order valence-corrected chi connectivity index (χ0v) is 18.4. The molecule has 0 spiro atoms. The van der Waals surface area contributed by atoms with Crippen molar-refractivity contribution in [1.82, 2.24) is 0 Å².